The average Bonchev–Trinajstić information content (AvgIpc) is 1.91. The molecule has 0 saturated carbocycles. The van der Waals surface area contributed by atoms with Crippen LogP contribution in [0.25, 0.3) is 0 Å². The molecule has 0 aliphatic rings. The molecular weight excluding hydrogens is 294 g/mol. The molecule has 0 aromatic heterocycles. The van der Waals surface area contributed by atoms with E-state index in [9.17, 15) is 0 Å². The van der Waals surface area contributed by atoms with Crippen LogP contribution in [0.15, 0.2) is 10.1 Å². The summed E-state index contributed by atoms with van der Waals surface area (Å²) in [5.41, 5.74) is 0. The molecule has 0 spiro atoms. The minimum atomic E-state index is 0. The Morgan fingerprint density at radius 3 is 1.45 bits per heavy atom. The Morgan fingerprint density at radius 1 is 1.09 bits per heavy atom. The average molecular weight is 306 g/mol. The van der Waals surface area contributed by atoms with Gasteiger partial charge in [0.05, 0.1) is 0 Å². The molecule has 0 bridgehead atoms. The van der Waals surface area contributed by atoms with Gasteiger partial charge >= 0.3 is 0 Å². The standard InChI is InChI=1S/C3H6NO.C3H6N.2Y/c1-3-4-5-2;1-3-4-2;;/h1-2H3;1-2H3;;/q2*-1;;. The Bertz CT molecular complexity index is 82.7. The van der Waals surface area contributed by atoms with E-state index in [0.29, 0.717) is 0 Å². The molecule has 11 heavy (non-hydrogen) atoms. The number of rotatable bonds is 1. The molecule has 3 nitrogen and oxygen atoms in total. The normalized spacial score (nSPS) is 7.64. The summed E-state index contributed by atoms with van der Waals surface area (Å²) in [4.78, 5) is 7.69. The van der Waals surface area contributed by atoms with Crippen molar-refractivity contribution in [3.8, 4) is 0 Å². The van der Waals surface area contributed by atoms with Crippen LogP contribution in [0, 0.1) is 0 Å². The summed E-state index contributed by atoms with van der Waals surface area (Å²) in [6.07, 6.45) is 4.98. The third kappa shape index (κ3) is 52.5. The van der Waals surface area contributed by atoms with Crippen LogP contribution in [-0.4, -0.2) is 26.6 Å². The molecule has 0 aromatic carbocycles. The van der Waals surface area contributed by atoms with E-state index in [1.807, 2.05) is 0 Å². The zero-order valence-corrected chi connectivity index (χ0v) is 13.1. The van der Waals surface area contributed by atoms with E-state index >= 15 is 0 Å². The van der Waals surface area contributed by atoms with Gasteiger partial charge < -0.3 is 27.4 Å². The molecular formula is C6H12N2OY2-2. The summed E-state index contributed by atoms with van der Waals surface area (Å²) in [7, 11) is 3.18. The van der Waals surface area contributed by atoms with E-state index in [-0.39, 0.29) is 65.4 Å². The fraction of sp³-hybridized carbons (Fsp3) is 0.667. The Kier molecular flexibility index (Phi) is 62.6. The topological polar surface area (TPSA) is 34.0 Å². The van der Waals surface area contributed by atoms with Gasteiger partial charge in [0.15, 0.2) is 0 Å². The summed E-state index contributed by atoms with van der Waals surface area (Å²) in [6.45, 7) is 3.43. The Morgan fingerprint density at radius 2 is 1.45 bits per heavy atom. The molecule has 0 atom stereocenters. The summed E-state index contributed by atoms with van der Waals surface area (Å²) >= 11 is 0. The summed E-state index contributed by atoms with van der Waals surface area (Å²) < 4.78 is 0. The molecule has 0 amide bonds. The Hall–Kier alpha value is 1.35. The molecule has 0 N–H and O–H groups in total. The molecule has 0 saturated heterocycles. The molecule has 0 rings (SSSR count). The molecule has 60 valence electrons. The third-order valence-electron chi connectivity index (χ3n) is 0.406. The molecule has 0 unspecified atom stereocenters. The fourth-order valence-electron chi connectivity index (χ4n) is 0.0913. The maximum Gasteiger partial charge on any atom is 0.102 e. The second-order valence-electron chi connectivity index (χ2n) is 0.945. The third-order valence-corrected chi connectivity index (χ3v) is 0.406. The first-order valence-corrected chi connectivity index (χ1v) is 2.49. The zero-order valence-electron chi connectivity index (χ0n) is 7.46. The van der Waals surface area contributed by atoms with Gasteiger partial charge in [0.2, 0.25) is 0 Å². The molecule has 0 fully saturated rings. The van der Waals surface area contributed by atoms with Gasteiger partial charge in [0.1, 0.15) is 7.11 Å². The van der Waals surface area contributed by atoms with Crippen molar-refractivity contribution in [1.29, 1.82) is 0 Å². The number of hydrogen-bond acceptors (Lipinski definition) is 3. The second-order valence-corrected chi connectivity index (χ2v) is 0.945. The van der Waals surface area contributed by atoms with Crippen molar-refractivity contribution in [2.24, 2.45) is 10.1 Å². The number of nitrogens with zero attached hydrogens (tertiary/aromatic N) is 2. The van der Waals surface area contributed by atoms with Gasteiger partial charge in [-0.25, -0.2) is 0 Å². The molecule has 0 aliphatic heterocycles. The van der Waals surface area contributed by atoms with Crippen LogP contribution in [0.4, 0.5) is 0 Å². The van der Waals surface area contributed by atoms with Crippen molar-refractivity contribution in [3.05, 3.63) is 0 Å². The molecule has 0 heterocycles. The summed E-state index contributed by atoms with van der Waals surface area (Å²) in [5, 5.41) is 3.22. The molecule has 5 heteroatoms. The van der Waals surface area contributed by atoms with E-state index in [4.69, 9.17) is 0 Å². The van der Waals surface area contributed by atoms with Crippen LogP contribution >= 0.6 is 0 Å². The van der Waals surface area contributed by atoms with Gasteiger partial charge in [-0.3, -0.25) is 0 Å². The van der Waals surface area contributed by atoms with Crippen molar-refractivity contribution >= 4 is 12.4 Å². The Balaban J connectivity index is -0.0000000383. The van der Waals surface area contributed by atoms with E-state index in [1.165, 1.54) is 7.11 Å². The maximum absolute atomic E-state index is 4.20. The van der Waals surface area contributed by atoms with E-state index in [2.05, 4.69) is 27.4 Å². The first-order chi connectivity index (χ1) is 4.33. The van der Waals surface area contributed by atoms with Crippen molar-refractivity contribution in [2.45, 2.75) is 13.8 Å². The van der Waals surface area contributed by atoms with Gasteiger partial charge in [-0.15, -0.1) is 0 Å². The van der Waals surface area contributed by atoms with Crippen LogP contribution in [0.1, 0.15) is 13.8 Å². The number of hydrogen-bond donors (Lipinski definition) is 0. The fourth-order valence-corrected chi connectivity index (χ4v) is 0.0913. The van der Waals surface area contributed by atoms with E-state index in [0.717, 1.165) is 0 Å². The van der Waals surface area contributed by atoms with Crippen molar-refractivity contribution in [1.82, 2.24) is 0 Å². The SMILES string of the molecule is C[C-]=NC.C[C-]=NOC.[Y].[Y]. The molecule has 0 aliphatic carbocycles. The summed E-state index contributed by atoms with van der Waals surface area (Å²) in [6, 6.07) is 0. The quantitative estimate of drug-likeness (QED) is 0.406. The minimum absolute atomic E-state index is 0. The van der Waals surface area contributed by atoms with Crippen LogP contribution in [0.2, 0.25) is 0 Å². The van der Waals surface area contributed by atoms with Crippen molar-refractivity contribution in [3.63, 3.8) is 0 Å². The van der Waals surface area contributed by atoms with Crippen molar-refractivity contribution in [2.75, 3.05) is 14.2 Å². The predicted molar refractivity (Wildman–Crippen MR) is 39.2 cm³/mol. The van der Waals surface area contributed by atoms with Crippen LogP contribution in [-0.2, 0) is 70.3 Å². The van der Waals surface area contributed by atoms with Gasteiger partial charge in [0.25, 0.3) is 0 Å². The number of aliphatic imine (C=N–C) groups is 1. The van der Waals surface area contributed by atoms with Gasteiger partial charge in [-0.05, 0) is 7.05 Å². The smallest absolute Gasteiger partial charge is 0.102 e. The Labute approximate surface area is 119 Å². The van der Waals surface area contributed by atoms with Gasteiger partial charge in [0, 0.05) is 65.4 Å². The zero-order chi connectivity index (χ0) is 7.54. The monoisotopic (exact) mass is 306 g/mol. The van der Waals surface area contributed by atoms with Gasteiger partial charge in [-0.1, -0.05) is 0 Å². The maximum atomic E-state index is 4.20. The van der Waals surface area contributed by atoms with E-state index in [1.54, 1.807) is 20.9 Å². The van der Waals surface area contributed by atoms with Gasteiger partial charge in [-0.2, -0.15) is 13.8 Å². The largest absolute Gasteiger partial charge is 0.506 e. The molecule has 2 radical (unpaired) electrons. The minimum Gasteiger partial charge on any atom is -0.506 e. The first-order valence-electron chi connectivity index (χ1n) is 2.49. The summed E-state index contributed by atoms with van der Waals surface area (Å²) in [5.74, 6) is 0. The van der Waals surface area contributed by atoms with Crippen LogP contribution < -0.4 is 0 Å². The molecule has 0 aromatic rings. The second kappa shape index (κ2) is 30.2. The van der Waals surface area contributed by atoms with Crippen LogP contribution in [0.3, 0.4) is 0 Å². The first kappa shape index (κ1) is 22.8. The van der Waals surface area contributed by atoms with E-state index < -0.39 is 0 Å². The van der Waals surface area contributed by atoms with Crippen LogP contribution in [0.5, 0.6) is 0 Å². The predicted octanol–water partition coefficient (Wildman–Crippen LogP) is 1.09. The van der Waals surface area contributed by atoms with Crippen molar-refractivity contribution < 1.29 is 70.3 Å².